The summed E-state index contributed by atoms with van der Waals surface area (Å²) >= 11 is 0. The monoisotopic (exact) mass is 230 g/mol. The van der Waals surface area contributed by atoms with Gasteiger partial charge in [0.2, 0.25) is 6.17 Å². The van der Waals surface area contributed by atoms with Gasteiger partial charge in [-0.2, -0.15) is 0 Å². The van der Waals surface area contributed by atoms with E-state index in [0.29, 0.717) is 0 Å². The molecular weight excluding hydrogens is 219 g/mol. The second-order valence-electron chi connectivity index (χ2n) is 3.12. The summed E-state index contributed by atoms with van der Waals surface area (Å²) < 4.78 is 17.7. The number of ether oxygens (including phenoxy) is 1. The zero-order valence-corrected chi connectivity index (χ0v) is 8.42. The average Bonchev–Trinajstić information content (AvgIpc) is 2.26. The summed E-state index contributed by atoms with van der Waals surface area (Å²) in [6.45, 7) is 0. The van der Waals surface area contributed by atoms with Crippen molar-refractivity contribution in [3.8, 4) is 11.5 Å². The largest absolute Gasteiger partial charge is 0.504 e. The van der Waals surface area contributed by atoms with Crippen molar-refractivity contribution < 1.29 is 29.2 Å². The number of carboxylic acids is 1. The average molecular weight is 230 g/mol. The molecule has 1 aromatic carbocycles. The molecule has 5 nitrogen and oxygen atoms in total. The lowest BCUT2D eigenvalue weighted by atomic mass is 10.0. The molecule has 0 radical (unpaired) electrons. The normalized spacial score (nSPS) is 14.2. The van der Waals surface area contributed by atoms with Crippen LogP contribution in [0, 0.1) is 0 Å². The number of halogens is 1. The fourth-order valence-corrected chi connectivity index (χ4v) is 1.19. The first-order valence-electron chi connectivity index (χ1n) is 4.39. The highest BCUT2D eigenvalue weighted by atomic mass is 19.1. The van der Waals surface area contributed by atoms with E-state index in [4.69, 9.17) is 9.84 Å². The molecule has 0 aliphatic carbocycles. The van der Waals surface area contributed by atoms with Gasteiger partial charge in [-0.05, 0) is 17.7 Å². The Morgan fingerprint density at radius 2 is 2.12 bits per heavy atom. The van der Waals surface area contributed by atoms with Gasteiger partial charge in [0.05, 0.1) is 7.11 Å². The third kappa shape index (κ3) is 2.40. The van der Waals surface area contributed by atoms with E-state index >= 15 is 0 Å². The van der Waals surface area contributed by atoms with Crippen molar-refractivity contribution in [3.63, 3.8) is 0 Å². The van der Waals surface area contributed by atoms with Crippen LogP contribution in [0.4, 0.5) is 4.39 Å². The lowest BCUT2D eigenvalue weighted by Crippen LogP contribution is -2.23. The van der Waals surface area contributed by atoms with E-state index in [1.807, 2.05) is 0 Å². The maximum Gasteiger partial charge on any atom is 0.341 e. The molecule has 0 aliphatic heterocycles. The molecule has 2 atom stereocenters. The Morgan fingerprint density at radius 1 is 1.50 bits per heavy atom. The number of aliphatic carboxylic acids is 1. The Balaban J connectivity index is 2.97. The molecule has 0 fully saturated rings. The molecule has 1 aromatic rings. The number of aliphatic hydroxyl groups is 1. The van der Waals surface area contributed by atoms with Crippen molar-refractivity contribution in [3.05, 3.63) is 23.8 Å². The van der Waals surface area contributed by atoms with E-state index in [2.05, 4.69) is 0 Å². The van der Waals surface area contributed by atoms with Gasteiger partial charge in [0, 0.05) is 0 Å². The van der Waals surface area contributed by atoms with Crippen LogP contribution in [0.5, 0.6) is 11.5 Å². The number of phenolic OH excluding ortho intramolecular Hbond substituents is 1. The van der Waals surface area contributed by atoms with Crippen molar-refractivity contribution in [2.45, 2.75) is 12.3 Å². The zero-order valence-electron chi connectivity index (χ0n) is 8.42. The zero-order chi connectivity index (χ0) is 12.3. The van der Waals surface area contributed by atoms with Gasteiger partial charge in [0.15, 0.2) is 11.5 Å². The topological polar surface area (TPSA) is 87.0 Å². The van der Waals surface area contributed by atoms with Crippen LogP contribution in [0.2, 0.25) is 0 Å². The predicted octanol–water partition coefficient (Wildman–Crippen LogP) is 0.857. The van der Waals surface area contributed by atoms with Crippen molar-refractivity contribution in [1.82, 2.24) is 0 Å². The molecule has 0 saturated carbocycles. The van der Waals surface area contributed by atoms with Gasteiger partial charge >= 0.3 is 5.97 Å². The molecular formula is C10H11FO5. The summed E-state index contributed by atoms with van der Waals surface area (Å²) in [7, 11) is 1.33. The quantitative estimate of drug-likeness (QED) is 0.714. The van der Waals surface area contributed by atoms with Crippen LogP contribution in [-0.2, 0) is 4.79 Å². The molecule has 0 aromatic heterocycles. The summed E-state index contributed by atoms with van der Waals surface area (Å²) in [6, 6.07) is 3.64. The van der Waals surface area contributed by atoms with Crippen LogP contribution in [0.15, 0.2) is 18.2 Å². The van der Waals surface area contributed by atoms with Gasteiger partial charge in [-0.3, -0.25) is 0 Å². The smallest absolute Gasteiger partial charge is 0.341 e. The number of hydrogen-bond donors (Lipinski definition) is 3. The lowest BCUT2D eigenvalue weighted by molar-refractivity contribution is -0.147. The van der Waals surface area contributed by atoms with Crippen LogP contribution < -0.4 is 4.74 Å². The number of rotatable bonds is 4. The highest BCUT2D eigenvalue weighted by Crippen LogP contribution is 2.30. The van der Waals surface area contributed by atoms with E-state index in [9.17, 15) is 19.4 Å². The van der Waals surface area contributed by atoms with Gasteiger partial charge < -0.3 is 20.1 Å². The molecule has 0 bridgehead atoms. The minimum absolute atomic E-state index is 0.0341. The highest BCUT2D eigenvalue weighted by molar-refractivity contribution is 5.73. The summed E-state index contributed by atoms with van der Waals surface area (Å²) in [6.07, 6.45) is -4.26. The number of carbonyl (C=O) groups is 1. The first-order chi connectivity index (χ1) is 7.47. The van der Waals surface area contributed by atoms with E-state index in [0.717, 1.165) is 6.07 Å². The number of phenols is 1. The minimum Gasteiger partial charge on any atom is -0.504 e. The number of carboxylic acid groups (broad SMARTS) is 1. The fourth-order valence-electron chi connectivity index (χ4n) is 1.19. The summed E-state index contributed by atoms with van der Waals surface area (Å²) in [5.74, 6) is -1.90. The second kappa shape index (κ2) is 4.80. The van der Waals surface area contributed by atoms with Gasteiger partial charge in [-0.25, -0.2) is 9.18 Å². The SMILES string of the molecule is COc1ccc(C(O)C(F)C(=O)O)cc1O. The van der Waals surface area contributed by atoms with E-state index < -0.39 is 18.2 Å². The van der Waals surface area contributed by atoms with E-state index in [1.165, 1.54) is 19.2 Å². The molecule has 0 saturated heterocycles. The first-order valence-corrected chi connectivity index (χ1v) is 4.39. The van der Waals surface area contributed by atoms with Crippen molar-refractivity contribution in [1.29, 1.82) is 0 Å². The van der Waals surface area contributed by atoms with E-state index in [1.54, 1.807) is 0 Å². The standard InChI is InChI=1S/C10H11FO5/c1-16-7-3-2-5(4-6(7)12)9(13)8(11)10(14)15/h2-4,8-9,12-13H,1H3,(H,14,15). The van der Waals surface area contributed by atoms with Crippen molar-refractivity contribution in [2.75, 3.05) is 7.11 Å². The van der Waals surface area contributed by atoms with Crippen LogP contribution in [0.3, 0.4) is 0 Å². The number of benzene rings is 1. The molecule has 16 heavy (non-hydrogen) atoms. The number of alkyl halides is 1. The third-order valence-corrected chi connectivity index (χ3v) is 2.06. The molecule has 0 aliphatic rings. The molecule has 0 amide bonds. The molecule has 0 heterocycles. The first kappa shape index (κ1) is 12.3. The number of hydrogen-bond acceptors (Lipinski definition) is 4. The van der Waals surface area contributed by atoms with Gasteiger partial charge in [0.1, 0.15) is 6.10 Å². The fraction of sp³-hybridized carbons (Fsp3) is 0.300. The summed E-state index contributed by atoms with van der Waals surface area (Å²) in [5, 5.41) is 27.1. The third-order valence-electron chi connectivity index (χ3n) is 2.06. The Hall–Kier alpha value is -1.82. The molecule has 1 rings (SSSR count). The van der Waals surface area contributed by atoms with Gasteiger partial charge in [-0.1, -0.05) is 6.07 Å². The van der Waals surface area contributed by atoms with Gasteiger partial charge in [0.25, 0.3) is 0 Å². The minimum atomic E-state index is -2.44. The Morgan fingerprint density at radius 3 is 2.56 bits per heavy atom. The number of aliphatic hydroxyl groups excluding tert-OH is 1. The molecule has 0 spiro atoms. The number of methoxy groups -OCH3 is 1. The lowest BCUT2D eigenvalue weighted by Gasteiger charge is -2.13. The number of aromatic hydroxyl groups is 1. The molecule has 88 valence electrons. The second-order valence-corrected chi connectivity index (χ2v) is 3.12. The highest BCUT2D eigenvalue weighted by Gasteiger charge is 2.27. The molecule has 6 heteroatoms. The van der Waals surface area contributed by atoms with E-state index in [-0.39, 0.29) is 17.1 Å². The maximum absolute atomic E-state index is 13.0. The van der Waals surface area contributed by atoms with Crippen LogP contribution in [-0.4, -0.2) is 34.6 Å². The van der Waals surface area contributed by atoms with Crippen LogP contribution in [0.1, 0.15) is 11.7 Å². The molecule has 2 unspecified atom stereocenters. The molecule has 3 N–H and O–H groups in total. The Labute approximate surface area is 90.7 Å². The van der Waals surface area contributed by atoms with Crippen molar-refractivity contribution >= 4 is 5.97 Å². The summed E-state index contributed by atoms with van der Waals surface area (Å²) in [5.41, 5.74) is -0.0341. The summed E-state index contributed by atoms with van der Waals surface area (Å²) in [4.78, 5) is 10.3. The Kier molecular flexibility index (Phi) is 3.68. The maximum atomic E-state index is 13.0. The van der Waals surface area contributed by atoms with Gasteiger partial charge in [-0.15, -0.1) is 0 Å². The Bertz CT molecular complexity index is 393. The van der Waals surface area contributed by atoms with Crippen LogP contribution in [0.25, 0.3) is 0 Å². The van der Waals surface area contributed by atoms with Crippen LogP contribution >= 0.6 is 0 Å². The predicted molar refractivity (Wildman–Crippen MR) is 52.2 cm³/mol. The van der Waals surface area contributed by atoms with Crippen molar-refractivity contribution in [2.24, 2.45) is 0 Å².